The maximum atomic E-state index is 10.3. The van der Waals surface area contributed by atoms with E-state index in [0.717, 1.165) is 0 Å². The summed E-state index contributed by atoms with van der Waals surface area (Å²) < 4.78 is 4.84. The standard InChI is InChI=1S/C7H15NO3/c1-5(4-11-2)3-6(8)7(9)10/h5-6H,3-4,8H2,1-2H3,(H,9,10). The molecule has 3 N–H and O–H groups in total. The summed E-state index contributed by atoms with van der Waals surface area (Å²) in [5, 5.41) is 8.43. The van der Waals surface area contributed by atoms with Crippen LogP contribution in [0.15, 0.2) is 0 Å². The van der Waals surface area contributed by atoms with Crippen LogP contribution in [0.5, 0.6) is 0 Å². The van der Waals surface area contributed by atoms with Crippen LogP contribution in [0.25, 0.3) is 0 Å². The molecule has 0 aromatic heterocycles. The first-order chi connectivity index (χ1) is 5.07. The Morgan fingerprint density at radius 1 is 1.73 bits per heavy atom. The van der Waals surface area contributed by atoms with Gasteiger partial charge in [-0.05, 0) is 12.3 Å². The Balaban J connectivity index is 3.56. The van der Waals surface area contributed by atoms with Crippen LogP contribution in [-0.4, -0.2) is 30.8 Å². The number of ether oxygens (including phenoxy) is 1. The normalized spacial score (nSPS) is 15.9. The van der Waals surface area contributed by atoms with Crippen molar-refractivity contribution in [2.45, 2.75) is 19.4 Å². The number of nitrogens with two attached hydrogens (primary N) is 1. The molecule has 0 fully saturated rings. The summed E-state index contributed by atoms with van der Waals surface area (Å²) in [6.07, 6.45) is 0.461. The van der Waals surface area contributed by atoms with Crippen molar-refractivity contribution in [3.8, 4) is 0 Å². The van der Waals surface area contributed by atoms with Gasteiger partial charge in [0.15, 0.2) is 0 Å². The average molecular weight is 161 g/mol. The molecule has 0 radical (unpaired) electrons. The van der Waals surface area contributed by atoms with Crippen molar-refractivity contribution in [2.24, 2.45) is 11.7 Å². The van der Waals surface area contributed by atoms with Crippen LogP contribution in [0.1, 0.15) is 13.3 Å². The monoisotopic (exact) mass is 161 g/mol. The molecule has 0 rings (SSSR count). The molecule has 2 unspecified atom stereocenters. The van der Waals surface area contributed by atoms with Crippen molar-refractivity contribution < 1.29 is 14.6 Å². The summed E-state index contributed by atoms with van der Waals surface area (Å²) in [5.74, 6) is -0.751. The molecule has 0 saturated heterocycles. The Morgan fingerprint density at radius 3 is 2.64 bits per heavy atom. The highest BCUT2D eigenvalue weighted by molar-refractivity contribution is 5.72. The first kappa shape index (κ1) is 10.4. The highest BCUT2D eigenvalue weighted by Crippen LogP contribution is 2.04. The number of carbonyl (C=O) groups is 1. The molecule has 2 atom stereocenters. The summed E-state index contributed by atoms with van der Waals surface area (Å²) in [4.78, 5) is 10.3. The minimum Gasteiger partial charge on any atom is -0.480 e. The van der Waals surface area contributed by atoms with Crippen molar-refractivity contribution in [1.82, 2.24) is 0 Å². The fourth-order valence-electron chi connectivity index (χ4n) is 0.887. The average Bonchev–Trinajstić information content (AvgIpc) is 1.87. The molecule has 0 heterocycles. The molecular weight excluding hydrogens is 146 g/mol. The van der Waals surface area contributed by atoms with E-state index < -0.39 is 12.0 Å². The molecule has 0 amide bonds. The maximum Gasteiger partial charge on any atom is 0.320 e. The second-order valence-corrected chi connectivity index (χ2v) is 2.74. The van der Waals surface area contributed by atoms with Gasteiger partial charge in [-0.15, -0.1) is 0 Å². The molecule has 4 nitrogen and oxygen atoms in total. The van der Waals surface area contributed by atoms with Gasteiger partial charge in [-0.25, -0.2) is 0 Å². The molecule has 0 bridgehead atoms. The van der Waals surface area contributed by atoms with Gasteiger partial charge in [-0.1, -0.05) is 6.92 Å². The summed E-state index contributed by atoms with van der Waals surface area (Å²) >= 11 is 0. The molecule has 0 aromatic carbocycles. The quantitative estimate of drug-likeness (QED) is 0.598. The van der Waals surface area contributed by atoms with Gasteiger partial charge in [0, 0.05) is 13.7 Å². The van der Waals surface area contributed by atoms with Crippen LogP contribution >= 0.6 is 0 Å². The van der Waals surface area contributed by atoms with Crippen LogP contribution in [0, 0.1) is 5.92 Å². The predicted molar refractivity (Wildman–Crippen MR) is 41.3 cm³/mol. The number of aliphatic carboxylic acids is 1. The van der Waals surface area contributed by atoms with Crippen molar-refractivity contribution in [3.63, 3.8) is 0 Å². The van der Waals surface area contributed by atoms with E-state index in [-0.39, 0.29) is 5.92 Å². The SMILES string of the molecule is COCC(C)CC(N)C(=O)O. The largest absolute Gasteiger partial charge is 0.480 e. The van der Waals surface area contributed by atoms with Crippen LogP contribution in [0.2, 0.25) is 0 Å². The van der Waals surface area contributed by atoms with Gasteiger partial charge in [0.1, 0.15) is 6.04 Å². The van der Waals surface area contributed by atoms with Crippen LogP contribution in [0.3, 0.4) is 0 Å². The van der Waals surface area contributed by atoms with Gasteiger partial charge in [0.05, 0.1) is 0 Å². The highest BCUT2D eigenvalue weighted by atomic mass is 16.5. The van der Waals surface area contributed by atoms with E-state index >= 15 is 0 Å². The smallest absolute Gasteiger partial charge is 0.320 e. The van der Waals surface area contributed by atoms with Crippen LogP contribution in [-0.2, 0) is 9.53 Å². The lowest BCUT2D eigenvalue weighted by atomic mass is 10.0. The van der Waals surface area contributed by atoms with E-state index in [1.807, 2.05) is 6.92 Å². The van der Waals surface area contributed by atoms with Crippen molar-refractivity contribution in [2.75, 3.05) is 13.7 Å². The lowest BCUT2D eigenvalue weighted by Crippen LogP contribution is -2.32. The first-order valence-electron chi connectivity index (χ1n) is 3.55. The molecule has 0 aliphatic heterocycles. The Hall–Kier alpha value is -0.610. The number of carboxylic acids is 1. The van der Waals surface area contributed by atoms with E-state index in [1.54, 1.807) is 7.11 Å². The molecule has 0 saturated carbocycles. The van der Waals surface area contributed by atoms with Crippen LogP contribution in [0.4, 0.5) is 0 Å². The Kier molecular flexibility index (Phi) is 4.81. The minimum atomic E-state index is -0.951. The number of hydrogen-bond acceptors (Lipinski definition) is 3. The van der Waals surface area contributed by atoms with E-state index in [9.17, 15) is 4.79 Å². The zero-order valence-corrected chi connectivity index (χ0v) is 6.91. The molecule has 66 valence electrons. The zero-order chi connectivity index (χ0) is 8.85. The van der Waals surface area contributed by atoms with Crippen molar-refractivity contribution in [1.29, 1.82) is 0 Å². The third-order valence-corrected chi connectivity index (χ3v) is 1.42. The molecule has 0 aliphatic carbocycles. The fourth-order valence-corrected chi connectivity index (χ4v) is 0.887. The van der Waals surface area contributed by atoms with E-state index in [0.29, 0.717) is 13.0 Å². The van der Waals surface area contributed by atoms with E-state index in [2.05, 4.69) is 0 Å². The minimum absolute atomic E-state index is 0.200. The first-order valence-corrected chi connectivity index (χ1v) is 3.55. The van der Waals surface area contributed by atoms with Gasteiger partial charge in [0.2, 0.25) is 0 Å². The number of methoxy groups -OCH3 is 1. The summed E-state index contributed by atoms with van der Waals surface area (Å²) in [7, 11) is 1.59. The number of rotatable bonds is 5. The molecular formula is C7H15NO3. The Bertz CT molecular complexity index is 127. The maximum absolute atomic E-state index is 10.3. The number of carboxylic acid groups (broad SMARTS) is 1. The lowest BCUT2D eigenvalue weighted by molar-refractivity contribution is -0.139. The van der Waals surface area contributed by atoms with Gasteiger partial charge < -0.3 is 15.6 Å². The second-order valence-electron chi connectivity index (χ2n) is 2.74. The summed E-state index contributed by atoms with van der Waals surface area (Å²) in [5.41, 5.74) is 5.29. The van der Waals surface area contributed by atoms with Gasteiger partial charge in [-0.3, -0.25) is 4.79 Å². The molecule has 0 aliphatic rings. The summed E-state index contributed by atoms with van der Waals surface area (Å²) in [6.45, 7) is 2.47. The Labute approximate surface area is 66.3 Å². The van der Waals surface area contributed by atoms with Gasteiger partial charge >= 0.3 is 5.97 Å². The molecule has 0 aromatic rings. The molecule has 4 heteroatoms. The van der Waals surface area contributed by atoms with E-state index in [1.165, 1.54) is 0 Å². The highest BCUT2D eigenvalue weighted by Gasteiger charge is 2.14. The lowest BCUT2D eigenvalue weighted by Gasteiger charge is -2.12. The third-order valence-electron chi connectivity index (χ3n) is 1.42. The third kappa shape index (κ3) is 4.75. The van der Waals surface area contributed by atoms with Crippen molar-refractivity contribution >= 4 is 5.97 Å². The van der Waals surface area contributed by atoms with Gasteiger partial charge in [0.25, 0.3) is 0 Å². The van der Waals surface area contributed by atoms with Crippen LogP contribution < -0.4 is 5.73 Å². The Morgan fingerprint density at radius 2 is 2.27 bits per heavy atom. The van der Waals surface area contributed by atoms with Gasteiger partial charge in [-0.2, -0.15) is 0 Å². The van der Waals surface area contributed by atoms with E-state index in [4.69, 9.17) is 15.6 Å². The topological polar surface area (TPSA) is 72.5 Å². The zero-order valence-electron chi connectivity index (χ0n) is 6.91. The fraction of sp³-hybridized carbons (Fsp3) is 0.857. The van der Waals surface area contributed by atoms with Crippen molar-refractivity contribution in [3.05, 3.63) is 0 Å². The molecule has 11 heavy (non-hydrogen) atoms. The second kappa shape index (κ2) is 5.09. The molecule has 0 spiro atoms. The summed E-state index contributed by atoms with van der Waals surface area (Å²) in [6, 6.07) is -0.764. The number of hydrogen-bond donors (Lipinski definition) is 2. The predicted octanol–water partition coefficient (Wildman–Crippen LogP) is 0.0709.